The molecule has 3 aromatic rings. The second-order valence-electron chi connectivity index (χ2n) is 6.94. The van der Waals surface area contributed by atoms with E-state index in [1.54, 1.807) is 0 Å². The van der Waals surface area contributed by atoms with Gasteiger partial charge in [0.15, 0.2) is 0 Å². The third kappa shape index (κ3) is 2.87. The van der Waals surface area contributed by atoms with Crippen molar-refractivity contribution in [1.29, 1.82) is 0 Å². The van der Waals surface area contributed by atoms with Gasteiger partial charge >= 0.3 is 0 Å². The Morgan fingerprint density at radius 1 is 1.29 bits per heavy atom. The highest BCUT2D eigenvalue weighted by atomic mass is 32.1. The second kappa shape index (κ2) is 6.30. The highest BCUT2D eigenvalue weighted by Crippen LogP contribution is 2.42. The second-order valence-corrected chi connectivity index (χ2v) is 8.00. The van der Waals surface area contributed by atoms with Crippen LogP contribution in [0.5, 0.6) is 0 Å². The maximum atomic E-state index is 4.89. The molecule has 0 unspecified atom stereocenters. The van der Waals surface area contributed by atoms with Gasteiger partial charge in [0.1, 0.15) is 0 Å². The topological polar surface area (TPSA) is 34.0 Å². The molecule has 5 heteroatoms. The maximum absolute atomic E-state index is 4.89. The summed E-state index contributed by atoms with van der Waals surface area (Å²) in [7, 11) is 4.21. The zero-order chi connectivity index (χ0) is 16.7. The van der Waals surface area contributed by atoms with Gasteiger partial charge in [-0.3, -0.25) is 4.68 Å². The van der Waals surface area contributed by atoms with Gasteiger partial charge in [0, 0.05) is 30.8 Å². The molecule has 0 bridgehead atoms. The van der Waals surface area contributed by atoms with Crippen LogP contribution in [-0.4, -0.2) is 39.3 Å². The smallest absolute Gasteiger partial charge is 0.0970 e. The average molecular weight is 339 g/mol. The molecule has 0 saturated heterocycles. The molecule has 4 rings (SSSR count). The van der Waals surface area contributed by atoms with E-state index in [4.69, 9.17) is 4.98 Å². The fourth-order valence-corrected chi connectivity index (χ4v) is 4.68. The van der Waals surface area contributed by atoms with Crippen molar-refractivity contribution in [3.63, 3.8) is 0 Å². The van der Waals surface area contributed by atoms with Crippen molar-refractivity contribution < 1.29 is 0 Å². The Hall–Kier alpha value is -1.72. The summed E-state index contributed by atoms with van der Waals surface area (Å²) in [6.45, 7) is 3.45. The fraction of sp³-hybridized carbons (Fsp3) is 0.474. The minimum Gasteiger partial charge on any atom is -0.303 e. The first-order valence-electron chi connectivity index (χ1n) is 8.73. The van der Waals surface area contributed by atoms with E-state index in [0.29, 0.717) is 5.92 Å². The van der Waals surface area contributed by atoms with E-state index in [9.17, 15) is 0 Å². The number of thiazole rings is 1. The number of nitrogens with zero attached hydrogens (tertiary/aromatic N) is 4. The van der Waals surface area contributed by atoms with Crippen molar-refractivity contribution in [2.24, 2.45) is 7.05 Å². The molecule has 0 radical (unpaired) electrons. The van der Waals surface area contributed by atoms with Gasteiger partial charge in [-0.25, -0.2) is 4.98 Å². The lowest BCUT2D eigenvalue weighted by atomic mass is 9.80. The van der Waals surface area contributed by atoms with Crippen LogP contribution >= 0.6 is 11.3 Å². The quantitative estimate of drug-likeness (QED) is 0.695. The Kier molecular flexibility index (Phi) is 4.14. The van der Waals surface area contributed by atoms with Gasteiger partial charge in [0.05, 0.1) is 21.4 Å². The number of hydrogen-bond donors (Lipinski definition) is 0. The number of benzene rings is 1. The molecule has 0 atom stereocenters. The molecule has 2 aromatic heterocycles. The van der Waals surface area contributed by atoms with Gasteiger partial charge in [0.25, 0.3) is 0 Å². The van der Waals surface area contributed by atoms with Crippen LogP contribution in [0.25, 0.3) is 21.3 Å². The fourth-order valence-electron chi connectivity index (χ4n) is 3.55. The molecular weight excluding hydrogens is 315 g/mol. The molecule has 1 aliphatic rings. The van der Waals surface area contributed by atoms with E-state index >= 15 is 0 Å². The molecule has 1 saturated carbocycles. The standard InChI is InChI=1S/C19H24N4S/c1-4-7-22(2)16-8-14(9-16)19-21-17-6-5-13(10-18(17)24-19)15-11-20-23(3)12-15/h5-6,10-12,14,16H,4,7-9H2,1-3H3/i3-1. The molecule has 2 heterocycles. The van der Waals surface area contributed by atoms with Gasteiger partial charge in [0.2, 0.25) is 0 Å². The van der Waals surface area contributed by atoms with Gasteiger partial charge in [-0.1, -0.05) is 13.0 Å². The van der Waals surface area contributed by atoms with E-state index in [2.05, 4.69) is 48.4 Å². The number of fused-ring (bicyclic) bond motifs is 1. The summed E-state index contributed by atoms with van der Waals surface area (Å²) in [6.07, 6.45) is 7.72. The molecule has 24 heavy (non-hydrogen) atoms. The predicted octanol–water partition coefficient (Wildman–Crippen LogP) is 4.28. The molecule has 0 amide bonds. The lowest BCUT2D eigenvalue weighted by Crippen LogP contribution is -2.41. The zero-order valence-electron chi connectivity index (χ0n) is 14.6. The molecule has 1 aliphatic carbocycles. The summed E-state index contributed by atoms with van der Waals surface area (Å²) in [4.78, 5) is 7.40. The summed E-state index contributed by atoms with van der Waals surface area (Å²) in [5, 5.41) is 5.58. The number of aromatic nitrogens is 3. The highest BCUT2D eigenvalue weighted by molar-refractivity contribution is 7.18. The Balaban J connectivity index is 1.52. The number of hydrogen-bond acceptors (Lipinski definition) is 4. The summed E-state index contributed by atoms with van der Waals surface area (Å²) < 4.78 is 3.13. The van der Waals surface area contributed by atoms with Crippen molar-refractivity contribution in [1.82, 2.24) is 19.7 Å². The van der Waals surface area contributed by atoms with Gasteiger partial charge in [-0.05, 0) is 50.6 Å². The van der Waals surface area contributed by atoms with Crippen molar-refractivity contribution in [3.8, 4) is 11.1 Å². The van der Waals surface area contributed by atoms with Gasteiger partial charge in [-0.2, -0.15) is 5.10 Å². The van der Waals surface area contributed by atoms with Crippen LogP contribution in [0.2, 0.25) is 0 Å². The van der Waals surface area contributed by atoms with Crippen LogP contribution in [0.4, 0.5) is 0 Å². The maximum Gasteiger partial charge on any atom is 0.0970 e. The van der Waals surface area contributed by atoms with E-state index in [-0.39, 0.29) is 0 Å². The minimum absolute atomic E-state index is 0.647. The lowest BCUT2D eigenvalue weighted by molar-refractivity contribution is 0.137. The summed E-state index contributed by atoms with van der Waals surface area (Å²) >= 11 is 1.87. The summed E-state index contributed by atoms with van der Waals surface area (Å²) in [5.74, 6) is 0.647. The first-order valence-corrected chi connectivity index (χ1v) is 9.55. The van der Waals surface area contributed by atoms with Crippen molar-refractivity contribution >= 4 is 21.6 Å². The molecule has 1 fully saturated rings. The van der Waals surface area contributed by atoms with Gasteiger partial charge < -0.3 is 4.90 Å². The molecule has 1 aromatic carbocycles. The molecule has 0 spiro atoms. The van der Waals surface area contributed by atoms with E-state index in [1.807, 2.05) is 29.3 Å². The predicted molar refractivity (Wildman–Crippen MR) is 101 cm³/mol. The Bertz CT molecular complexity index is 844. The summed E-state index contributed by atoms with van der Waals surface area (Å²) in [5.41, 5.74) is 3.52. The average Bonchev–Trinajstić information content (AvgIpc) is 3.11. The number of rotatable bonds is 5. The van der Waals surface area contributed by atoms with Crippen LogP contribution in [0.3, 0.4) is 0 Å². The Morgan fingerprint density at radius 3 is 2.83 bits per heavy atom. The molecule has 0 N–H and O–H groups in total. The van der Waals surface area contributed by atoms with Crippen LogP contribution in [0, 0.1) is 0 Å². The van der Waals surface area contributed by atoms with Crippen LogP contribution in [0.15, 0.2) is 30.6 Å². The zero-order valence-corrected chi connectivity index (χ0v) is 15.4. The Morgan fingerprint density at radius 2 is 2.12 bits per heavy atom. The third-order valence-corrected chi connectivity index (χ3v) is 6.29. The molecule has 4 nitrogen and oxygen atoms in total. The van der Waals surface area contributed by atoms with Crippen LogP contribution in [-0.2, 0) is 7.05 Å². The summed E-state index contributed by atoms with van der Waals surface area (Å²) in [6, 6.07) is 7.30. The van der Waals surface area contributed by atoms with Crippen LogP contribution < -0.4 is 0 Å². The molecule has 0 aliphatic heterocycles. The normalized spacial score (nSPS) is 20.7. The first kappa shape index (κ1) is 15.8. The SMILES string of the molecule is CCCN(C)C1CC(c2nc3ccc(-c4cnn([11CH3])c4)cc3s2)C1. The molecule has 126 valence electrons. The highest BCUT2D eigenvalue weighted by Gasteiger charge is 2.34. The third-order valence-electron chi connectivity index (χ3n) is 5.11. The van der Waals surface area contributed by atoms with E-state index in [0.717, 1.165) is 11.6 Å². The lowest BCUT2D eigenvalue weighted by Gasteiger charge is -2.40. The van der Waals surface area contributed by atoms with E-state index < -0.39 is 0 Å². The van der Waals surface area contributed by atoms with Crippen molar-refractivity contribution in [3.05, 3.63) is 35.6 Å². The van der Waals surface area contributed by atoms with Gasteiger partial charge in [-0.15, -0.1) is 11.3 Å². The molecular formula is C19H24N4S. The number of aryl methyl sites for hydroxylation is 1. The van der Waals surface area contributed by atoms with E-state index in [1.165, 1.54) is 46.6 Å². The minimum atomic E-state index is 0.647. The first-order chi connectivity index (χ1) is 11.6. The van der Waals surface area contributed by atoms with Crippen LogP contribution in [0.1, 0.15) is 37.1 Å². The largest absolute Gasteiger partial charge is 0.303 e. The van der Waals surface area contributed by atoms with Crippen molar-refractivity contribution in [2.45, 2.75) is 38.1 Å². The Labute approximate surface area is 147 Å². The van der Waals surface area contributed by atoms with Crippen molar-refractivity contribution in [2.75, 3.05) is 13.6 Å². The monoisotopic (exact) mass is 339 g/mol.